The SMILES string of the molecule is COc1cncc(-c2ccc3c(c2)OCC(C)(C)C3NC(=O)O)c1. The lowest BCUT2D eigenvalue weighted by Crippen LogP contribution is -2.43. The second-order valence-electron chi connectivity index (χ2n) is 6.53. The molecule has 2 N–H and O–H groups in total. The first-order valence-corrected chi connectivity index (χ1v) is 7.66. The molecule has 1 amide bonds. The Balaban J connectivity index is 2.00. The third-order valence-electron chi connectivity index (χ3n) is 4.26. The average molecular weight is 328 g/mol. The molecule has 1 aromatic heterocycles. The van der Waals surface area contributed by atoms with Gasteiger partial charge in [-0.2, -0.15) is 0 Å². The van der Waals surface area contributed by atoms with Gasteiger partial charge < -0.3 is 19.9 Å². The fourth-order valence-electron chi connectivity index (χ4n) is 2.93. The van der Waals surface area contributed by atoms with Gasteiger partial charge in [0.2, 0.25) is 0 Å². The van der Waals surface area contributed by atoms with Gasteiger partial charge in [0.15, 0.2) is 0 Å². The van der Waals surface area contributed by atoms with Crippen molar-refractivity contribution in [1.29, 1.82) is 0 Å². The lowest BCUT2D eigenvalue weighted by molar-refractivity contribution is 0.0996. The van der Waals surface area contributed by atoms with Crippen molar-refractivity contribution in [3.63, 3.8) is 0 Å². The van der Waals surface area contributed by atoms with Crippen LogP contribution in [0.3, 0.4) is 0 Å². The number of nitrogens with zero attached hydrogens (tertiary/aromatic N) is 1. The van der Waals surface area contributed by atoms with Gasteiger partial charge in [-0.3, -0.25) is 4.98 Å². The van der Waals surface area contributed by atoms with Crippen molar-refractivity contribution in [1.82, 2.24) is 10.3 Å². The summed E-state index contributed by atoms with van der Waals surface area (Å²) in [6.45, 7) is 4.40. The Morgan fingerprint density at radius 2 is 2.12 bits per heavy atom. The monoisotopic (exact) mass is 328 g/mol. The van der Waals surface area contributed by atoms with Crippen LogP contribution >= 0.6 is 0 Å². The molecule has 3 rings (SSSR count). The summed E-state index contributed by atoms with van der Waals surface area (Å²) < 4.78 is 11.1. The van der Waals surface area contributed by atoms with Crippen LogP contribution in [-0.2, 0) is 0 Å². The molecule has 1 atom stereocenters. The largest absolute Gasteiger partial charge is 0.495 e. The highest BCUT2D eigenvalue weighted by Gasteiger charge is 2.38. The summed E-state index contributed by atoms with van der Waals surface area (Å²) in [7, 11) is 1.60. The summed E-state index contributed by atoms with van der Waals surface area (Å²) in [5.74, 6) is 1.37. The molecule has 0 spiro atoms. The van der Waals surface area contributed by atoms with E-state index >= 15 is 0 Å². The van der Waals surface area contributed by atoms with E-state index < -0.39 is 6.09 Å². The molecule has 2 aromatic rings. The number of aromatic nitrogens is 1. The van der Waals surface area contributed by atoms with Gasteiger partial charge >= 0.3 is 6.09 Å². The molecule has 0 radical (unpaired) electrons. The van der Waals surface area contributed by atoms with Crippen LogP contribution in [0.2, 0.25) is 0 Å². The van der Waals surface area contributed by atoms with Gasteiger partial charge in [-0.1, -0.05) is 26.0 Å². The zero-order valence-electron chi connectivity index (χ0n) is 13.9. The number of amides is 1. The first-order valence-electron chi connectivity index (χ1n) is 7.66. The molecule has 0 bridgehead atoms. The van der Waals surface area contributed by atoms with E-state index in [0.717, 1.165) is 16.7 Å². The van der Waals surface area contributed by atoms with E-state index in [0.29, 0.717) is 18.1 Å². The topological polar surface area (TPSA) is 80.7 Å². The van der Waals surface area contributed by atoms with Crippen molar-refractivity contribution >= 4 is 6.09 Å². The number of carbonyl (C=O) groups is 1. The van der Waals surface area contributed by atoms with Gasteiger partial charge in [0.1, 0.15) is 11.5 Å². The van der Waals surface area contributed by atoms with E-state index in [1.54, 1.807) is 19.5 Å². The van der Waals surface area contributed by atoms with Gasteiger partial charge in [0.25, 0.3) is 0 Å². The van der Waals surface area contributed by atoms with Crippen LogP contribution < -0.4 is 14.8 Å². The minimum atomic E-state index is -1.04. The van der Waals surface area contributed by atoms with Crippen LogP contribution in [0.25, 0.3) is 11.1 Å². The van der Waals surface area contributed by atoms with Gasteiger partial charge in [-0.05, 0) is 17.7 Å². The van der Waals surface area contributed by atoms with Crippen LogP contribution in [0.5, 0.6) is 11.5 Å². The highest BCUT2D eigenvalue weighted by atomic mass is 16.5. The lowest BCUT2D eigenvalue weighted by atomic mass is 9.78. The number of fused-ring (bicyclic) bond motifs is 1. The van der Waals surface area contributed by atoms with Crippen molar-refractivity contribution in [3.05, 3.63) is 42.2 Å². The molecule has 6 heteroatoms. The average Bonchev–Trinajstić information content (AvgIpc) is 2.57. The number of nitrogens with one attached hydrogen (secondary N) is 1. The molecule has 2 heterocycles. The number of methoxy groups -OCH3 is 1. The van der Waals surface area contributed by atoms with Crippen molar-refractivity contribution < 1.29 is 19.4 Å². The van der Waals surface area contributed by atoms with Gasteiger partial charge in [0, 0.05) is 22.7 Å². The highest BCUT2D eigenvalue weighted by Crippen LogP contribution is 2.44. The zero-order valence-corrected chi connectivity index (χ0v) is 13.9. The number of pyridine rings is 1. The molecule has 1 aliphatic rings. The third kappa shape index (κ3) is 2.99. The molecule has 6 nitrogen and oxygen atoms in total. The second-order valence-corrected chi connectivity index (χ2v) is 6.53. The first-order chi connectivity index (χ1) is 11.4. The van der Waals surface area contributed by atoms with Crippen LogP contribution in [0.1, 0.15) is 25.5 Å². The van der Waals surface area contributed by atoms with Crippen molar-refractivity contribution in [3.8, 4) is 22.6 Å². The third-order valence-corrected chi connectivity index (χ3v) is 4.26. The first kappa shape index (κ1) is 16.1. The van der Waals surface area contributed by atoms with E-state index in [1.165, 1.54) is 0 Å². The quantitative estimate of drug-likeness (QED) is 0.901. The maximum atomic E-state index is 11.1. The summed E-state index contributed by atoms with van der Waals surface area (Å²) in [5, 5.41) is 11.7. The molecule has 1 aromatic carbocycles. The summed E-state index contributed by atoms with van der Waals surface area (Å²) in [5.41, 5.74) is 2.36. The predicted octanol–water partition coefficient (Wildman–Crippen LogP) is 3.48. The van der Waals surface area contributed by atoms with Crippen molar-refractivity contribution in [2.75, 3.05) is 13.7 Å². The number of ether oxygens (including phenoxy) is 2. The Bertz CT molecular complexity index is 773. The normalized spacial score (nSPS) is 18.2. The van der Waals surface area contributed by atoms with E-state index in [9.17, 15) is 4.79 Å². The maximum absolute atomic E-state index is 11.1. The van der Waals surface area contributed by atoms with E-state index in [4.69, 9.17) is 14.6 Å². The second kappa shape index (κ2) is 6.03. The molecular formula is C18H20N2O4. The number of carboxylic acid groups (broad SMARTS) is 1. The Kier molecular flexibility index (Phi) is 4.05. The summed E-state index contributed by atoms with van der Waals surface area (Å²) in [4.78, 5) is 15.3. The minimum Gasteiger partial charge on any atom is -0.495 e. The van der Waals surface area contributed by atoms with Crippen LogP contribution in [-0.4, -0.2) is 29.9 Å². The zero-order chi connectivity index (χ0) is 17.3. The predicted molar refractivity (Wildman–Crippen MR) is 89.4 cm³/mol. The van der Waals surface area contributed by atoms with Gasteiger partial charge in [-0.15, -0.1) is 0 Å². The number of benzene rings is 1. The van der Waals surface area contributed by atoms with E-state index in [2.05, 4.69) is 10.3 Å². The Morgan fingerprint density at radius 3 is 2.83 bits per heavy atom. The molecule has 0 saturated heterocycles. The molecular weight excluding hydrogens is 308 g/mol. The summed E-state index contributed by atoms with van der Waals surface area (Å²) in [6.07, 6.45) is 2.36. The molecule has 1 aliphatic heterocycles. The van der Waals surface area contributed by atoms with Crippen LogP contribution in [0.4, 0.5) is 4.79 Å². The van der Waals surface area contributed by atoms with Gasteiger partial charge in [0.05, 0.1) is 26.0 Å². The maximum Gasteiger partial charge on any atom is 0.405 e. The number of hydrogen-bond acceptors (Lipinski definition) is 4. The van der Waals surface area contributed by atoms with E-state index in [1.807, 2.05) is 38.1 Å². The Labute approximate surface area is 140 Å². The molecule has 1 unspecified atom stereocenters. The summed E-state index contributed by atoms with van der Waals surface area (Å²) >= 11 is 0. The highest BCUT2D eigenvalue weighted by molar-refractivity contribution is 5.69. The fraction of sp³-hybridized carbons (Fsp3) is 0.333. The Morgan fingerprint density at radius 1 is 1.33 bits per heavy atom. The van der Waals surface area contributed by atoms with Gasteiger partial charge in [-0.25, -0.2) is 4.79 Å². The molecule has 24 heavy (non-hydrogen) atoms. The minimum absolute atomic E-state index is 0.323. The van der Waals surface area contributed by atoms with Crippen LogP contribution in [0, 0.1) is 5.41 Å². The summed E-state index contributed by atoms with van der Waals surface area (Å²) in [6, 6.07) is 7.34. The number of rotatable bonds is 3. The van der Waals surface area contributed by atoms with E-state index in [-0.39, 0.29) is 11.5 Å². The number of hydrogen-bond donors (Lipinski definition) is 2. The standard InChI is InChI=1S/C18H20N2O4/c1-18(2)10-24-15-7-11(12-6-13(23-3)9-19-8-12)4-5-14(15)16(18)20-17(21)22/h4-9,16,20H,10H2,1-3H3,(H,21,22). The van der Waals surface area contributed by atoms with Crippen LogP contribution in [0.15, 0.2) is 36.7 Å². The smallest absolute Gasteiger partial charge is 0.405 e. The van der Waals surface area contributed by atoms with Crippen molar-refractivity contribution in [2.45, 2.75) is 19.9 Å². The molecule has 0 aliphatic carbocycles. The molecule has 0 fully saturated rings. The van der Waals surface area contributed by atoms with Crippen molar-refractivity contribution in [2.24, 2.45) is 5.41 Å². The Hall–Kier alpha value is -2.76. The molecule has 126 valence electrons. The lowest BCUT2D eigenvalue weighted by Gasteiger charge is -2.39. The molecule has 0 saturated carbocycles. The fourth-order valence-corrected chi connectivity index (χ4v) is 2.93.